The lowest BCUT2D eigenvalue weighted by atomic mass is 9.99. The third-order valence-electron chi connectivity index (χ3n) is 4.68. The zero-order valence-electron chi connectivity index (χ0n) is 15.8. The number of nitrogens with one attached hydrogen (secondary N) is 1. The molecule has 1 N–H and O–H groups in total. The van der Waals surface area contributed by atoms with E-state index in [-0.39, 0.29) is 30.4 Å². The molecule has 2 amide bonds. The first-order chi connectivity index (χ1) is 12.9. The quantitative estimate of drug-likeness (QED) is 0.691. The van der Waals surface area contributed by atoms with E-state index in [4.69, 9.17) is 4.74 Å². The van der Waals surface area contributed by atoms with Gasteiger partial charge in [0.2, 0.25) is 11.8 Å². The molecule has 1 aromatic rings. The summed E-state index contributed by atoms with van der Waals surface area (Å²) in [6.07, 6.45) is 1.72. The normalized spacial score (nSPS) is 17.3. The molecular weight excluding hydrogens is 348 g/mol. The molecule has 1 saturated heterocycles. The monoisotopic (exact) mass is 374 g/mol. The van der Waals surface area contributed by atoms with Crippen molar-refractivity contribution in [2.24, 2.45) is 0 Å². The van der Waals surface area contributed by atoms with Gasteiger partial charge in [0, 0.05) is 26.3 Å². The van der Waals surface area contributed by atoms with E-state index >= 15 is 0 Å². The maximum absolute atomic E-state index is 12.6. The third-order valence-corrected chi connectivity index (χ3v) is 4.68. The number of carbonyl (C=O) groups is 4. The van der Waals surface area contributed by atoms with Crippen molar-refractivity contribution in [1.82, 2.24) is 10.2 Å². The summed E-state index contributed by atoms with van der Waals surface area (Å²) in [6, 6.07) is 8.16. The minimum atomic E-state index is -0.673. The fraction of sp³-hybridized carbons (Fsp3) is 0.500. The average Bonchev–Trinajstić information content (AvgIpc) is 3.15. The van der Waals surface area contributed by atoms with Gasteiger partial charge in [-0.1, -0.05) is 30.3 Å². The molecule has 0 bridgehead atoms. The largest absolute Gasteiger partial charge is 0.467 e. The van der Waals surface area contributed by atoms with Gasteiger partial charge in [0.05, 0.1) is 13.2 Å². The summed E-state index contributed by atoms with van der Waals surface area (Å²) in [6.45, 7) is 1.85. The standard InChI is InChI=1S/C20H26N2O5/c1-14(23)21-16(13-15-7-4-3-5-8-15)18(24)10-11-19(25)22-12-6-9-17(22)20(26)27-2/h3-5,7-8,16-17H,6,9-13H2,1-2H3,(H,21,23)/t16-,17+/m1/s1. The second kappa shape index (κ2) is 9.85. The molecular formula is C20H26N2O5. The van der Waals surface area contributed by atoms with Crippen LogP contribution in [0.1, 0.15) is 38.2 Å². The molecule has 2 atom stereocenters. The van der Waals surface area contributed by atoms with Gasteiger partial charge in [-0.25, -0.2) is 4.79 Å². The van der Waals surface area contributed by atoms with Gasteiger partial charge in [0.25, 0.3) is 0 Å². The number of amides is 2. The smallest absolute Gasteiger partial charge is 0.328 e. The van der Waals surface area contributed by atoms with E-state index in [0.29, 0.717) is 19.4 Å². The van der Waals surface area contributed by atoms with Crippen LogP contribution >= 0.6 is 0 Å². The van der Waals surface area contributed by atoms with E-state index in [0.717, 1.165) is 12.0 Å². The van der Waals surface area contributed by atoms with Crippen molar-refractivity contribution in [1.29, 1.82) is 0 Å². The summed E-state index contributed by atoms with van der Waals surface area (Å²) >= 11 is 0. The van der Waals surface area contributed by atoms with E-state index in [1.165, 1.54) is 18.9 Å². The maximum atomic E-state index is 12.6. The molecule has 0 spiro atoms. The number of rotatable bonds is 8. The summed E-state index contributed by atoms with van der Waals surface area (Å²) in [7, 11) is 1.30. The van der Waals surface area contributed by atoms with Crippen LogP contribution in [0.4, 0.5) is 0 Å². The van der Waals surface area contributed by atoms with Gasteiger partial charge < -0.3 is 15.0 Å². The lowest BCUT2D eigenvalue weighted by Gasteiger charge is -2.23. The molecule has 1 aliphatic rings. The first kappa shape index (κ1) is 20.6. The Morgan fingerprint density at radius 2 is 1.89 bits per heavy atom. The molecule has 0 aliphatic carbocycles. The SMILES string of the molecule is COC(=O)[C@@H]1CCCN1C(=O)CCC(=O)[C@@H](Cc1ccccc1)NC(C)=O. The van der Waals surface area contributed by atoms with Gasteiger partial charge >= 0.3 is 5.97 Å². The minimum absolute atomic E-state index is 0.0111. The first-order valence-electron chi connectivity index (χ1n) is 9.13. The van der Waals surface area contributed by atoms with Crippen molar-refractivity contribution in [3.8, 4) is 0 Å². The van der Waals surface area contributed by atoms with Crippen LogP contribution in [0.15, 0.2) is 30.3 Å². The number of benzene rings is 1. The van der Waals surface area contributed by atoms with Gasteiger partial charge in [-0.15, -0.1) is 0 Å². The molecule has 7 nitrogen and oxygen atoms in total. The number of ketones is 1. The molecule has 0 unspecified atom stereocenters. The van der Waals surface area contributed by atoms with Crippen LogP contribution < -0.4 is 5.32 Å². The van der Waals surface area contributed by atoms with E-state index in [2.05, 4.69) is 5.32 Å². The second-order valence-electron chi connectivity index (χ2n) is 6.68. The Hall–Kier alpha value is -2.70. The molecule has 1 fully saturated rings. The van der Waals surface area contributed by atoms with Gasteiger partial charge in [0.15, 0.2) is 5.78 Å². The number of nitrogens with zero attached hydrogens (tertiary/aromatic N) is 1. The van der Waals surface area contributed by atoms with Gasteiger partial charge in [-0.05, 0) is 24.8 Å². The highest BCUT2D eigenvalue weighted by atomic mass is 16.5. The van der Waals surface area contributed by atoms with Crippen molar-refractivity contribution < 1.29 is 23.9 Å². The molecule has 27 heavy (non-hydrogen) atoms. The fourth-order valence-electron chi connectivity index (χ4n) is 3.33. The highest BCUT2D eigenvalue weighted by molar-refractivity contribution is 5.92. The van der Waals surface area contributed by atoms with Crippen molar-refractivity contribution >= 4 is 23.6 Å². The van der Waals surface area contributed by atoms with Crippen LogP contribution in [0.2, 0.25) is 0 Å². The number of hydrogen-bond donors (Lipinski definition) is 1. The number of carbonyl (C=O) groups excluding carboxylic acids is 4. The Morgan fingerprint density at radius 3 is 2.52 bits per heavy atom. The fourth-order valence-corrected chi connectivity index (χ4v) is 3.33. The van der Waals surface area contributed by atoms with Crippen molar-refractivity contribution in [3.05, 3.63) is 35.9 Å². The van der Waals surface area contributed by atoms with E-state index < -0.39 is 18.1 Å². The first-order valence-corrected chi connectivity index (χ1v) is 9.13. The summed E-state index contributed by atoms with van der Waals surface area (Å²) in [5.41, 5.74) is 0.932. The molecule has 0 saturated carbocycles. The number of methoxy groups -OCH3 is 1. The second-order valence-corrected chi connectivity index (χ2v) is 6.68. The van der Waals surface area contributed by atoms with E-state index in [9.17, 15) is 19.2 Å². The number of Topliss-reactive ketones (excluding diaryl/α,β-unsaturated/α-hetero) is 1. The lowest BCUT2D eigenvalue weighted by molar-refractivity contribution is -0.151. The highest BCUT2D eigenvalue weighted by Gasteiger charge is 2.34. The third kappa shape index (κ3) is 5.91. The van der Waals surface area contributed by atoms with E-state index in [1.54, 1.807) is 0 Å². The zero-order chi connectivity index (χ0) is 19.8. The molecule has 146 valence electrons. The Labute approximate surface area is 159 Å². The average molecular weight is 374 g/mol. The van der Waals surface area contributed by atoms with Gasteiger partial charge in [-0.3, -0.25) is 14.4 Å². The lowest BCUT2D eigenvalue weighted by Crippen LogP contribution is -2.43. The molecule has 0 radical (unpaired) electrons. The Morgan fingerprint density at radius 1 is 1.19 bits per heavy atom. The number of ether oxygens (including phenoxy) is 1. The van der Waals surface area contributed by atoms with Crippen LogP contribution in [0.5, 0.6) is 0 Å². The predicted molar refractivity (Wildman–Crippen MR) is 98.7 cm³/mol. The molecule has 2 rings (SSSR count). The Kier molecular flexibility index (Phi) is 7.52. The summed E-state index contributed by atoms with van der Waals surface area (Å²) in [4.78, 5) is 49.8. The molecule has 1 aliphatic heterocycles. The summed E-state index contributed by atoms with van der Waals surface area (Å²) in [5, 5.41) is 2.67. The van der Waals surface area contributed by atoms with Crippen molar-refractivity contribution in [3.63, 3.8) is 0 Å². The van der Waals surface area contributed by atoms with Crippen LogP contribution in [0.25, 0.3) is 0 Å². The number of hydrogen-bond acceptors (Lipinski definition) is 5. The number of likely N-dealkylation sites (tertiary alicyclic amines) is 1. The van der Waals surface area contributed by atoms with Crippen LogP contribution in [-0.2, 0) is 30.3 Å². The van der Waals surface area contributed by atoms with Crippen LogP contribution in [0.3, 0.4) is 0 Å². The molecule has 1 heterocycles. The Balaban J connectivity index is 1.95. The topological polar surface area (TPSA) is 92.8 Å². The predicted octanol–water partition coefficient (Wildman–Crippen LogP) is 1.25. The molecule has 1 aromatic carbocycles. The van der Waals surface area contributed by atoms with E-state index in [1.807, 2.05) is 30.3 Å². The molecule has 0 aromatic heterocycles. The Bertz CT molecular complexity index is 689. The van der Waals surface area contributed by atoms with Crippen LogP contribution in [0, 0.1) is 0 Å². The van der Waals surface area contributed by atoms with Gasteiger partial charge in [0.1, 0.15) is 6.04 Å². The van der Waals surface area contributed by atoms with Gasteiger partial charge in [-0.2, -0.15) is 0 Å². The maximum Gasteiger partial charge on any atom is 0.328 e. The molecule has 7 heteroatoms. The number of esters is 1. The summed E-state index contributed by atoms with van der Waals surface area (Å²) < 4.78 is 4.74. The zero-order valence-corrected chi connectivity index (χ0v) is 15.8. The minimum Gasteiger partial charge on any atom is -0.467 e. The van der Waals surface area contributed by atoms with Crippen molar-refractivity contribution in [2.45, 2.75) is 51.1 Å². The van der Waals surface area contributed by atoms with Crippen molar-refractivity contribution in [2.75, 3.05) is 13.7 Å². The highest BCUT2D eigenvalue weighted by Crippen LogP contribution is 2.20. The summed E-state index contributed by atoms with van der Waals surface area (Å²) in [5.74, 6) is -1.15. The van der Waals surface area contributed by atoms with Crippen LogP contribution in [-0.4, -0.2) is 54.2 Å².